The second kappa shape index (κ2) is 11.8. The average Bonchev–Trinajstić information content (AvgIpc) is 3.57. The van der Waals surface area contributed by atoms with Gasteiger partial charge < -0.3 is 20.2 Å². The summed E-state index contributed by atoms with van der Waals surface area (Å²) < 4.78 is 0.983. The van der Waals surface area contributed by atoms with Gasteiger partial charge in [-0.15, -0.1) is 11.3 Å². The van der Waals surface area contributed by atoms with Crippen LogP contribution in [-0.4, -0.2) is 64.4 Å². The van der Waals surface area contributed by atoms with Crippen molar-refractivity contribution in [2.24, 2.45) is 0 Å². The highest BCUT2D eigenvalue weighted by Gasteiger charge is 2.41. The van der Waals surface area contributed by atoms with E-state index in [2.05, 4.69) is 5.32 Å². The van der Waals surface area contributed by atoms with Crippen LogP contribution in [0.25, 0.3) is 10.1 Å². The van der Waals surface area contributed by atoms with Gasteiger partial charge in [-0.25, -0.2) is 0 Å². The van der Waals surface area contributed by atoms with Crippen LogP contribution in [0.4, 0.5) is 0 Å². The predicted octanol–water partition coefficient (Wildman–Crippen LogP) is 3.86. The number of hydrogen-bond acceptors (Lipinski definition) is 5. The molecule has 0 spiro atoms. The highest BCUT2D eigenvalue weighted by atomic mass is 32.1. The maximum atomic E-state index is 13.6. The zero-order valence-corrected chi connectivity index (χ0v) is 22.5. The lowest BCUT2D eigenvalue weighted by Gasteiger charge is -2.28. The van der Waals surface area contributed by atoms with Gasteiger partial charge in [-0.2, -0.15) is 0 Å². The fraction of sp³-hybridized carbons (Fsp3) is 0.258. The molecule has 3 aromatic carbocycles. The monoisotopic (exact) mass is 541 g/mol. The molecule has 1 saturated heterocycles. The minimum absolute atomic E-state index is 0.0658. The van der Waals surface area contributed by atoms with E-state index < -0.39 is 24.1 Å². The summed E-state index contributed by atoms with van der Waals surface area (Å²) in [6.07, 6.45) is -0.387. The maximum absolute atomic E-state index is 13.6. The summed E-state index contributed by atoms with van der Waals surface area (Å²) in [6, 6.07) is 27.0. The van der Waals surface area contributed by atoms with Crippen LogP contribution in [0.1, 0.15) is 27.2 Å². The van der Waals surface area contributed by atoms with E-state index in [1.807, 2.05) is 91.0 Å². The van der Waals surface area contributed by atoms with Crippen molar-refractivity contribution in [1.29, 1.82) is 0 Å². The molecule has 7 nitrogen and oxygen atoms in total. The highest BCUT2D eigenvalue weighted by Crippen LogP contribution is 2.29. The average molecular weight is 542 g/mol. The predicted molar refractivity (Wildman–Crippen MR) is 152 cm³/mol. The number of nitrogens with zero attached hydrogens (tertiary/aromatic N) is 2. The molecule has 0 bridgehead atoms. The van der Waals surface area contributed by atoms with Crippen LogP contribution in [0.15, 0.2) is 91.0 Å². The number of benzene rings is 3. The summed E-state index contributed by atoms with van der Waals surface area (Å²) in [4.78, 5) is 44.2. The number of likely N-dealkylation sites (tertiary alicyclic amines) is 1. The molecule has 4 aromatic rings. The maximum Gasteiger partial charge on any atom is 0.264 e. The number of aliphatic hydroxyl groups is 1. The van der Waals surface area contributed by atoms with Crippen molar-refractivity contribution in [2.45, 2.75) is 37.6 Å². The molecule has 5 rings (SSSR count). The van der Waals surface area contributed by atoms with E-state index in [4.69, 9.17) is 0 Å². The molecule has 3 amide bonds. The van der Waals surface area contributed by atoms with Crippen molar-refractivity contribution in [3.63, 3.8) is 0 Å². The van der Waals surface area contributed by atoms with E-state index in [0.717, 1.165) is 21.2 Å². The van der Waals surface area contributed by atoms with Crippen LogP contribution in [0.5, 0.6) is 0 Å². The van der Waals surface area contributed by atoms with Gasteiger partial charge in [0.25, 0.3) is 5.91 Å². The number of carbonyl (C=O) groups is 3. The number of carbonyl (C=O) groups excluding carboxylic acids is 3. The summed E-state index contributed by atoms with van der Waals surface area (Å²) in [7, 11) is 1.72. The molecule has 1 aliphatic heterocycles. The first-order chi connectivity index (χ1) is 18.9. The topological polar surface area (TPSA) is 89.9 Å². The smallest absolute Gasteiger partial charge is 0.264 e. The first-order valence-electron chi connectivity index (χ1n) is 13.0. The molecule has 0 saturated carbocycles. The summed E-state index contributed by atoms with van der Waals surface area (Å²) >= 11 is 1.37. The number of amides is 3. The van der Waals surface area contributed by atoms with E-state index in [0.29, 0.717) is 17.8 Å². The van der Waals surface area contributed by atoms with Gasteiger partial charge in [-0.1, -0.05) is 78.9 Å². The Kier molecular flexibility index (Phi) is 8.05. The summed E-state index contributed by atoms with van der Waals surface area (Å²) in [5.41, 5.74) is 1.89. The number of nitrogens with one attached hydrogen (secondary N) is 1. The standard InChI is InChI=1S/C31H31N3O4S/c1-33(19-22-12-6-3-7-13-22)30(37)25(16-21-10-4-2-5-11-21)32-29(36)26-18-24(35)20-34(26)31(38)28-17-23-14-8-9-15-27(23)39-28/h2-15,17,24-26,35H,16,18-20H2,1H3,(H,32,36)/t24-,25+,26+/m1/s1. The minimum atomic E-state index is -0.872. The highest BCUT2D eigenvalue weighted by molar-refractivity contribution is 7.20. The number of likely N-dealkylation sites (N-methyl/N-ethyl adjacent to an activating group) is 1. The lowest BCUT2D eigenvalue weighted by Crippen LogP contribution is -2.54. The molecule has 0 unspecified atom stereocenters. The van der Waals surface area contributed by atoms with Gasteiger partial charge in [-0.3, -0.25) is 14.4 Å². The van der Waals surface area contributed by atoms with Crippen molar-refractivity contribution >= 4 is 39.1 Å². The third-order valence-electron chi connectivity index (χ3n) is 7.01. The lowest BCUT2D eigenvalue weighted by atomic mass is 10.0. The first-order valence-corrected chi connectivity index (χ1v) is 13.8. The molecule has 3 atom stereocenters. The zero-order valence-electron chi connectivity index (χ0n) is 21.7. The van der Waals surface area contributed by atoms with Gasteiger partial charge in [0.2, 0.25) is 11.8 Å². The molecule has 8 heteroatoms. The molecular weight excluding hydrogens is 510 g/mol. The van der Waals surface area contributed by atoms with Gasteiger partial charge in [0, 0.05) is 37.7 Å². The van der Waals surface area contributed by atoms with Crippen molar-refractivity contribution < 1.29 is 19.5 Å². The largest absolute Gasteiger partial charge is 0.391 e. The summed E-state index contributed by atoms with van der Waals surface area (Å²) in [5.74, 6) is -0.958. The molecule has 1 aliphatic rings. The minimum Gasteiger partial charge on any atom is -0.391 e. The van der Waals surface area contributed by atoms with E-state index in [-0.39, 0.29) is 24.8 Å². The Balaban J connectivity index is 1.35. The van der Waals surface area contributed by atoms with Crippen molar-refractivity contribution in [1.82, 2.24) is 15.1 Å². The quantitative estimate of drug-likeness (QED) is 0.355. The fourth-order valence-electron chi connectivity index (χ4n) is 5.03. The molecule has 1 aromatic heterocycles. The van der Waals surface area contributed by atoms with Crippen LogP contribution in [0.3, 0.4) is 0 Å². The normalized spacial score (nSPS) is 17.6. The van der Waals surface area contributed by atoms with E-state index in [1.165, 1.54) is 16.2 Å². The van der Waals surface area contributed by atoms with Gasteiger partial charge >= 0.3 is 0 Å². The van der Waals surface area contributed by atoms with Crippen molar-refractivity contribution in [2.75, 3.05) is 13.6 Å². The number of fused-ring (bicyclic) bond motifs is 1. The van der Waals surface area contributed by atoms with Crippen LogP contribution >= 0.6 is 11.3 Å². The third kappa shape index (κ3) is 6.19. The molecule has 0 aliphatic carbocycles. The second-order valence-corrected chi connectivity index (χ2v) is 11.0. The third-order valence-corrected chi connectivity index (χ3v) is 8.12. The van der Waals surface area contributed by atoms with Crippen LogP contribution in [0.2, 0.25) is 0 Å². The Morgan fingerprint density at radius 3 is 2.31 bits per heavy atom. The summed E-state index contributed by atoms with van der Waals surface area (Å²) in [6.45, 7) is 0.468. The Morgan fingerprint density at radius 1 is 0.974 bits per heavy atom. The molecule has 1 fully saturated rings. The number of β-amino-alcohol motifs (C(OH)–C–C–N with tert-alkyl or cyclic N) is 1. The van der Waals surface area contributed by atoms with Gasteiger partial charge in [0.15, 0.2) is 0 Å². The van der Waals surface area contributed by atoms with Gasteiger partial charge in [0.05, 0.1) is 11.0 Å². The van der Waals surface area contributed by atoms with Crippen LogP contribution in [0, 0.1) is 0 Å². The number of hydrogen-bond donors (Lipinski definition) is 2. The molecule has 39 heavy (non-hydrogen) atoms. The number of thiophene rings is 1. The Bertz CT molecular complexity index is 1420. The van der Waals surface area contributed by atoms with Crippen molar-refractivity contribution in [3.8, 4) is 0 Å². The van der Waals surface area contributed by atoms with Crippen LogP contribution in [-0.2, 0) is 22.6 Å². The van der Waals surface area contributed by atoms with E-state index in [1.54, 1.807) is 11.9 Å². The molecule has 2 heterocycles. The Hall–Kier alpha value is -4.01. The van der Waals surface area contributed by atoms with Gasteiger partial charge in [-0.05, 0) is 28.6 Å². The number of aliphatic hydroxyl groups excluding tert-OH is 1. The van der Waals surface area contributed by atoms with E-state index >= 15 is 0 Å². The molecule has 200 valence electrons. The zero-order chi connectivity index (χ0) is 27.4. The number of rotatable bonds is 8. The lowest BCUT2D eigenvalue weighted by molar-refractivity contribution is -0.136. The molecule has 2 N–H and O–H groups in total. The first kappa shape index (κ1) is 26.6. The Labute approximate surface area is 231 Å². The fourth-order valence-corrected chi connectivity index (χ4v) is 6.05. The van der Waals surface area contributed by atoms with Crippen LogP contribution < -0.4 is 5.32 Å². The molecular formula is C31H31N3O4S. The SMILES string of the molecule is CN(Cc1ccccc1)C(=O)[C@H](Cc1ccccc1)NC(=O)[C@@H]1C[C@@H](O)CN1C(=O)c1cc2ccccc2s1. The molecule has 0 radical (unpaired) electrons. The van der Waals surface area contributed by atoms with Crippen molar-refractivity contribution in [3.05, 3.63) is 107 Å². The van der Waals surface area contributed by atoms with E-state index in [9.17, 15) is 19.5 Å². The van der Waals surface area contributed by atoms with Gasteiger partial charge in [0.1, 0.15) is 12.1 Å². The second-order valence-electron chi connectivity index (χ2n) is 9.94. The Morgan fingerprint density at radius 2 is 1.62 bits per heavy atom. The summed E-state index contributed by atoms with van der Waals surface area (Å²) in [5, 5.41) is 14.3.